The molecule has 0 fully saturated rings. The molecular weight excluding hydrogens is 416 g/mol. The SMILES string of the molecule is CC(C)CCc1cc([N+](=O)[O-])ccc1OC(=O)Oc1ccc([N+](=O)[O-])cc1CCC(C)C. The van der Waals surface area contributed by atoms with Gasteiger partial charge in [-0.2, -0.15) is 0 Å². The normalized spacial score (nSPS) is 10.9. The van der Waals surface area contributed by atoms with Gasteiger partial charge < -0.3 is 9.47 Å². The Morgan fingerprint density at radius 2 is 1.16 bits per heavy atom. The Hall–Kier alpha value is -3.49. The first kappa shape index (κ1) is 24.8. The Morgan fingerprint density at radius 1 is 0.781 bits per heavy atom. The summed E-state index contributed by atoms with van der Waals surface area (Å²) in [6.45, 7) is 8.11. The highest BCUT2D eigenvalue weighted by Crippen LogP contribution is 2.29. The average molecular weight is 444 g/mol. The van der Waals surface area contributed by atoms with Crippen LogP contribution < -0.4 is 9.47 Å². The number of hydrogen-bond acceptors (Lipinski definition) is 7. The van der Waals surface area contributed by atoms with Crippen LogP contribution in [0.5, 0.6) is 11.5 Å². The molecule has 0 aromatic heterocycles. The fourth-order valence-corrected chi connectivity index (χ4v) is 3.04. The van der Waals surface area contributed by atoms with E-state index >= 15 is 0 Å². The number of rotatable bonds is 10. The summed E-state index contributed by atoms with van der Waals surface area (Å²) in [5.74, 6) is 1.09. The molecule has 0 spiro atoms. The molecule has 0 N–H and O–H groups in total. The van der Waals surface area contributed by atoms with Crippen molar-refractivity contribution in [3.8, 4) is 11.5 Å². The van der Waals surface area contributed by atoms with E-state index in [0.29, 0.717) is 35.8 Å². The third kappa shape index (κ3) is 7.33. The molecule has 0 unspecified atom stereocenters. The number of nitro benzene ring substituents is 2. The summed E-state index contributed by atoms with van der Waals surface area (Å²) in [7, 11) is 0. The molecule has 0 saturated heterocycles. The van der Waals surface area contributed by atoms with Gasteiger partial charge >= 0.3 is 6.16 Å². The standard InChI is InChI=1S/C23H28N2O7/c1-15(2)5-7-17-13-19(24(27)28)9-11-21(17)31-23(26)32-22-12-10-20(25(29)30)14-18(22)8-6-16(3)4/h9-16H,5-8H2,1-4H3. The maximum atomic E-state index is 12.5. The first-order valence-electron chi connectivity index (χ1n) is 10.5. The lowest BCUT2D eigenvalue weighted by molar-refractivity contribution is -0.385. The Kier molecular flexibility index (Phi) is 8.69. The first-order valence-corrected chi connectivity index (χ1v) is 10.5. The number of nitrogens with zero attached hydrogens (tertiary/aromatic N) is 2. The van der Waals surface area contributed by atoms with Gasteiger partial charge in [-0.1, -0.05) is 27.7 Å². The van der Waals surface area contributed by atoms with Crippen molar-refractivity contribution in [3.05, 3.63) is 67.8 Å². The minimum Gasteiger partial charge on any atom is -0.394 e. The van der Waals surface area contributed by atoms with Crippen LogP contribution >= 0.6 is 0 Å². The van der Waals surface area contributed by atoms with Gasteiger partial charge in [0.05, 0.1) is 9.85 Å². The fraction of sp³-hybridized carbons (Fsp3) is 0.435. The van der Waals surface area contributed by atoms with Crippen LogP contribution in [0.2, 0.25) is 0 Å². The van der Waals surface area contributed by atoms with Crippen LogP contribution in [0, 0.1) is 32.1 Å². The number of aryl methyl sites for hydroxylation is 2. The summed E-state index contributed by atoms with van der Waals surface area (Å²) in [4.78, 5) is 33.7. The monoisotopic (exact) mass is 444 g/mol. The van der Waals surface area contributed by atoms with Crippen molar-refractivity contribution >= 4 is 17.5 Å². The zero-order valence-electron chi connectivity index (χ0n) is 18.7. The summed E-state index contributed by atoms with van der Waals surface area (Å²) in [6, 6.07) is 8.08. The van der Waals surface area contributed by atoms with Crippen LogP contribution in [-0.4, -0.2) is 16.0 Å². The molecule has 0 amide bonds. The Balaban J connectivity index is 2.24. The highest BCUT2D eigenvalue weighted by molar-refractivity contribution is 5.69. The Labute approximate surface area is 186 Å². The van der Waals surface area contributed by atoms with Gasteiger partial charge in [0.2, 0.25) is 0 Å². The molecule has 2 rings (SSSR count). The van der Waals surface area contributed by atoms with Crippen molar-refractivity contribution < 1.29 is 24.1 Å². The number of benzene rings is 2. The predicted octanol–water partition coefficient (Wildman–Crippen LogP) is 6.26. The number of hydrogen-bond donors (Lipinski definition) is 0. The molecule has 0 heterocycles. The van der Waals surface area contributed by atoms with Crippen LogP contribution in [0.15, 0.2) is 36.4 Å². The van der Waals surface area contributed by atoms with Crippen LogP contribution in [0.25, 0.3) is 0 Å². The largest absolute Gasteiger partial charge is 0.519 e. The number of carbonyl (C=O) groups excluding carboxylic acids is 1. The summed E-state index contributed by atoms with van der Waals surface area (Å²) in [5, 5.41) is 22.2. The van der Waals surface area contributed by atoms with E-state index in [2.05, 4.69) is 0 Å². The molecule has 9 heteroatoms. The molecular formula is C23H28N2O7. The summed E-state index contributed by atoms with van der Waals surface area (Å²) in [5.41, 5.74) is 0.897. The lowest BCUT2D eigenvalue weighted by Gasteiger charge is -2.13. The Morgan fingerprint density at radius 3 is 1.47 bits per heavy atom. The molecule has 0 aliphatic carbocycles. The zero-order chi connectivity index (χ0) is 23.8. The molecule has 32 heavy (non-hydrogen) atoms. The van der Waals surface area contributed by atoms with Gasteiger partial charge in [-0.25, -0.2) is 4.79 Å². The van der Waals surface area contributed by atoms with Gasteiger partial charge in [-0.15, -0.1) is 0 Å². The molecule has 0 bridgehead atoms. The van der Waals surface area contributed by atoms with Gasteiger partial charge in [0.25, 0.3) is 11.4 Å². The number of ether oxygens (including phenoxy) is 2. The first-order chi connectivity index (χ1) is 15.1. The molecule has 2 aromatic carbocycles. The maximum absolute atomic E-state index is 12.5. The van der Waals surface area contributed by atoms with Crippen molar-refractivity contribution in [3.63, 3.8) is 0 Å². The molecule has 0 atom stereocenters. The van der Waals surface area contributed by atoms with Crippen molar-refractivity contribution in [2.75, 3.05) is 0 Å². The zero-order valence-corrected chi connectivity index (χ0v) is 18.7. The van der Waals surface area contributed by atoms with E-state index in [1.54, 1.807) is 0 Å². The molecule has 0 saturated carbocycles. The molecule has 0 aliphatic heterocycles. The maximum Gasteiger partial charge on any atom is 0.519 e. The summed E-state index contributed by atoms with van der Waals surface area (Å²) >= 11 is 0. The van der Waals surface area contributed by atoms with E-state index in [0.717, 1.165) is 12.8 Å². The molecule has 2 aromatic rings. The molecule has 0 radical (unpaired) electrons. The summed E-state index contributed by atoms with van der Waals surface area (Å²) in [6.07, 6.45) is 1.50. The molecule has 0 aliphatic rings. The van der Waals surface area contributed by atoms with E-state index < -0.39 is 16.0 Å². The van der Waals surface area contributed by atoms with Crippen molar-refractivity contribution in [1.29, 1.82) is 0 Å². The minimum atomic E-state index is -1.01. The van der Waals surface area contributed by atoms with Crippen LogP contribution in [-0.2, 0) is 12.8 Å². The van der Waals surface area contributed by atoms with Gasteiger partial charge in [-0.3, -0.25) is 20.2 Å². The molecule has 9 nitrogen and oxygen atoms in total. The van der Waals surface area contributed by atoms with E-state index in [9.17, 15) is 25.0 Å². The third-order valence-electron chi connectivity index (χ3n) is 4.88. The lowest BCUT2D eigenvalue weighted by Crippen LogP contribution is -2.16. The second kappa shape index (κ2) is 11.2. The van der Waals surface area contributed by atoms with Crippen molar-refractivity contribution in [2.24, 2.45) is 11.8 Å². The highest BCUT2D eigenvalue weighted by atomic mass is 16.7. The van der Waals surface area contributed by atoms with Crippen LogP contribution in [0.1, 0.15) is 51.7 Å². The third-order valence-corrected chi connectivity index (χ3v) is 4.88. The average Bonchev–Trinajstić information content (AvgIpc) is 2.71. The van der Waals surface area contributed by atoms with E-state index in [1.807, 2.05) is 27.7 Å². The van der Waals surface area contributed by atoms with E-state index in [-0.39, 0.29) is 22.9 Å². The molecule has 172 valence electrons. The summed E-state index contributed by atoms with van der Waals surface area (Å²) < 4.78 is 10.7. The van der Waals surface area contributed by atoms with Crippen molar-refractivity contribution in [1.82, 2.24) is 0 Å². The van der Waals surface area contributed by atoms with Crippen LogP contribution in [0.4, 0.5) is 16.2 Å². The van der Waals surface area contributed by atoms with Crippen LogP contribution in [0.3, 0.4) is 0 Å². The van der Waals surface area contributed by atoms with Crippen molar-refractivity contribution in [2.45, 2.75) is 53.4 Å². The number of carbonyl (C=O) groups is 1. The van der Waals surface area contributed by atoms with Gasteiger partial charge in [-0.05, 0) is 49.7 Å². The number of non-ortho nitro benzene ring substituents is 2. The van der Waals surface area contributed by atoms with Gasteiger partial charge in [0.1, 0.15) is 11.5 Å². The lowest BCUT2D eigenvalue weighted by atomic mass is 10.0. The Bertz CT molecular complexity index is 909. The minimum absolute atomic E-state index is 0.0872. The fourth-order valence-electron chi connectivity index (χ4n) is 3.04. The smallest absolute Gasteiger partial charge is 0.394 e. The quantitative estimate of drug-likeness (QED) is 0.183. The highest BCUT2D eigenvalue weighted by Gasteiger charge is 2.19. The number of nitro groups is 2. The second-order valence-corrected chi connectivity index (χ2v) is 8.42. The topological polar surface area (TPSA) is 122 Å². The van der Waals surface area contributed by atoms with Gasteiger partial charge in [0, 0.05) is 35.4 Å². The second-order valence-electron chi connectivity index (χ2n) is 8.42. The predicted molar refractivity (Wildman–Crippen MR) is 119 cm³/mol. The van der Waals surface area contributed by atoms with E-state index in [1.165, 1.54) is 36.4 Å². The van der Waals surface area contributed by atoms with Gasteiger partial charge in [0.15, 0.2) is 0 Å². The van der Waals surface area contributed by atoms with E-state index in [4.69, 9.17) is 9.47 Å².